The van der Waals surface area contributed by atoms with Crippen LogP contribution in [0.2, 0.25) is 0 Å². The van der Waals surface area contributed by atoms with Gasteiger partial charge < -0.3 is 0 Å². The summed E-state index contributed by atoms with van der Waals surface area (Å²) in [5.74, 6) is 0.627. The van der Waals surface area contributed by atoms with E-state index < -0.39 is 0 Å². The highest BCUT2D eigenvalue weighted by Crippen LogP contribution is 2.40. The van der Waals surface area contributed by atoms with Crippen molar-refractivity contribution >= 4 is 26.2 Å². The molecule has 3 aromatic carbocycles. The molecule has 2 unspecified atom stereocenters. The van der Waals surface area contributed by atoms with Gasteiger partial charge in [0.15, 0.2) is 0 Å². The standard InChI is InChI=1S/C29H37P.BrH/c1-2-3-4-14-21-28(22-25-15-8-5-9-16-25)29(30,23-26-17-10-6-11-18-26)24-27-19-12-7-13-20-27;/h5-13,15-20,28H,2-4,14,21-24,30H2,1H3;1H. The Kier molecular flexibility index (Phi) is 11.6. The SMILES string of the molecule is Br.CCCCCCC(Cc1ccccc1)C(P)(Cc1ccccc1)Cc1ccccc1. The maximum Gasteiger partial charge on any atom is -0.00385 e. The van der Waals surface area contributed by atoms with Crippen LogP contribution in [0.3, 0.4) is 0 Å². The summed E-state index contributed by atoms with van der Waals surface area (Å²) in [5.41, 5.74) is 4.34. The molecule has 0 heterocycles. The minimum Gasteiger partial charge on any atom is -0.130 e. The summed E-state index contributed by atoms with van der Waals surface area (Å²) in [5, 5.41) is 0.144. The first-order chi connectivity index (χ1) is 14.7. The third kappa shape index (κ3) is 8.55. The molecule has 166 valence electrons. The molecule has 0 N–H and O–H groups in total. The predicted octanol–water partition coefficient (Wildman–Crippen LogP) is 8.49. The van der Waals surface area contributed by atoms with E-state index in [1.165, 1.54) is 48.8 Å². The number of unbranched alkanes of at least 4 members (excludes halogenated alkanes) is 3. The highest BCUT2D eigenvalue weighted by atomic mass is 79.9. The highest BCUT2D eigenvalue weighted by Gasteiger charge is 2.34. The Labute approximate surface area is 202 Å². The molecule has 2 atom stereocenters. The largest absolute Gasteiger partial charge is 0.130 e. The van der Waals surface area contributed by atoms with Crippen LogP contribution in [0, 0.1) is 5.92 Å². The smallest absolute Gasteiger partial charge is 0.00385 e. The first-order valence-corrected chi connectivity index (χ1v) is 12.2. The summed E-state index contributed by atoms with van der Waals surface area (Å²) >= 11 is 0. The normalized spacial score (nSPS) is 12.2. The van der Waals surface area contributed by atoms with Gasteiger partial charge in [0.05, 0.1) is 0 Å². The van der Waals surface area contributed by atoms with Crippen molar-refractivity contribution < 1.29 is 0 Å². The van der Waals surface area contributed by atoms with Crippen LogP contribution in [0.4, 0.5) is 0 Å². The molecule has 0 aliphatic heterocycles. The fourth-order valence-electron chi connectivity index (χ4n) is 4.61. The molecule has 31 heavy (non-hydrogen) atoms. The molecule has 0 fully saturated rings. The van der Waals surface area contributed by atoms with Crippen molar-refractivity contribution in [1.29, 1.82) is 0 Å². The quantitative estimate of drug-likeness (QED) is 0.174. The second kappa shape index (κ2) is 13.9. The molecule has 2 heteroatoms. The fraction of sp³-hybridized carbons (Fsp3) is 0.379. The van der Waals surface area contributed by atoms with Crippen LogP contribution in [0.5, 0.6) is 0 Å². The van der Waals surface area contributed by atoms with Crippen molar-refractivity contribution in [3.05, 3.63) is 108 Å². The Morgan fingerprint density at radius 1 is 0.645 bits per heavy atom. The zero-order valence-electron chi connectivity index (χ0n) is 18.9. The zero-order valence-corrected chi connectivity index (χ0v) is 21.7. The van der Waals surface area contributed by atoms with Gasteiger partial charge in [-0.05, 0) is 53.4 Å². The molecule has 0 radical (unpaired) electrons. The van der Waals surface area contributed by atoms with Crippen molar-refractivity contribution in [3.8, 4) is 0 Å². The van der Waals surface area contributed by atoms with Crippen LogP contribution in [0.1, 0.15) is 55.7 Å². The second-order valence-corrected chi connectivity index (χ2v) is 9.94. The third-order valence-corrected chi connectivity index (χ3v) is 7.18. The van der Waals surface area contributed by atoms with E-state index in [9.17, 15) is 0 Å². The van der Waals surface area contributed by atoms with Gasteiger partial charge in [-0.15, -0.1) is 26.2 Å². The summed E-state index contributed by atoms with van der Waals surface area (Å²) in [6.45, 7) is 2.30. The summed E-state index contributed by atoms with van der Waals surface area (Å²) < 4.78 is 0. The first-order valence-electron chi connectivity index (χ1n) is 11.6. The molecule has 0 amide bonds. The van der Waals surface area contributed by atoms with E-state index in [4.69, 9.17) is 0 Å². The lowest BCUT2D eigenvalue weighted by Gasteiger charge is -2.39. The van der Waals surface area contributed by atoms with Gasteiger partial charge >= 0.3 is 0 Å². The van der Waals surface area contributed by atoms with E-state index in [2.05, 4.69) is 107 Å². The molecule has 0 aliphatic carbocycles. The van der Waals surface area contributed by atoms with Gasteiger partial charge in [0.25, 0.3) is 0 Å². The van der Waals surface area contributed by atoms with E-state index in [-0.39, 0.29) is 22.1 Å². The Balaban J connectivity index is 0.00000341. The van der Waals surface area contributed by atoms with Crippen molar-refractivity contribution in [1.82, 2.24) is 0 Å². The van der Waals surface area contributed by atoms with Crippen LogP contribution in [0.15, 0.2) is 91.0 Å². The molecule has 0 aliphatic rings. The Morgan fingerprint density at radius 3 is 1.55 bits per heavy atom. The van der Waals surface area contributed by atoms with Gasteiger partial charge in [-0.1, -0.05) is 124 Å². The minimum atomic E-state index is 0. The topological polar surface area (TPSA) is 0 Å². The van der Waals surface area contributed by atoms with Crippen LogP contribution in [-0.2, 0) is 19.3 Å². The molecular formula is C29H38BrP. The molecule has 0 saturated carbocycles. The number of hydrogen-bond acceptors (Lipinski definition) is 0. The molecule has 0 nitrogen and oxygen atoms in total. The summed E-state index contributed by atoms with van der Waals surface area (Å²) in [7, 11) is 3.35. The maximum atomic E-state index is 3.35. The molecule has 0 saturated heterocycles. The number of benzene rings is 3. The molecular weight excluding hydrogens is 459 g/mol. The lowest BCUT2D eigenvalue weighted by molar-refractivity contribution is 0.331. The van der Waals surface area contributed by atoms with E-state index in [0.29, 0.717) is 5.92 Å². The van der Waals surface area contributed by atoms with Gasteiger partial charge in [0, 0.05) is 0 Å². The lowest BCUT2D eigenvalue weighted by Crippen LogP contribution is -2.38. The van der Waals surface area contributed by atoms with Crippen molar-refractivity contribution in [2.75, 3.05) is 0 Å². The summed E-state index contributed by atoms with van der Waals surface area (Å²) in [6, 6.07) is 33.2. The van der Waals surface area contributed by atoms with E-state index in [0.717, 1.165) is 19.3 Å². The molecule has 0 aromatic heterocycles. The van der Waals surface area contributed by atoms with Gasteiger partial charge in [-0.3, -0.25) is 0 Å². The molecule has 3 rings (SSSR count). The van der Waals surface area contributed by atoms with E-state index in [1.54, 1.807) is 0 Å². The Morgan fingerprint density at radius 2 is 1.10 bits per heavy atom. The molecule has 3 aromatic rings. The van der Waals surface area contributed by atoms with Crippen molar-refractivity contribution in [3.63, 3.8) is 0 Å². The summed E-state index contributed by atoms with van der Waals surface area (Å²) in [6.07, 6.45) is 9.94. The summed E-state index contributed by atoms with van der Waals surface area (Å²) in [4.78, 5) is 0. The fourth-order valence-corrected chi connectivity index (χ4v) is 5.37. The molecule has 0 bridgehead atoms. The zero-order chi connectivity index (χ0) is 21.1. The number of halogens is 1. The first kappa shape index (κ1) is 25.8. The van der Waals surface area contributed by atoms with Gasteiger partial charge in [-0.25, -0.2) is 0 Å². The van der Waals surface area contributed by atoms with Crippen molar-refractivity contribution in [2.45, 2.75) is 63.4 Å². The van der Waals surface area contributed by atoms with Crippen LogP contribution in [0.25, 0.3) is 0 Å². The van der Waals surface area contributed by atoms with Crippen LogP contribution < -0.4 is 0 Å². The number of hydrogen-bond donors (Lipinski definition) is 0. The van der Waals surface area contributed by atoms with Gasteiger partial charge in [0.1, 0.15) is 0 Å². The van der Waals surface area contributed by atoms with Gasteiger partial charge in [0.2, 0.25) is 0 Å². The Bertz CT molecular complexity index is 791. The lowest BCUT2D eigenvalue weighted by atomic mass is 9.75. The average molecular weight is 498 g/mol. The van der Waals surface area contributed by atoms with Crippen LogP contribution >= 0.6 is 26.2 Å². The monoisotopic (exact) mass is 496 g/mol. The Hall–Kier alpha value is -1.43. The maximum absolute atomic E-state index is 3.35. The average Bonchev–Trinajstić information content (AvgIpc) is 2.78. The second-order valence-electron chi connectivity index (χ2n) is 8.79. The third-order valence-electron chi connectivity index (χ3n) is 6.30. The number of rotatable bonds is 12. The van der Waals surface area contributed by atoms with Crippen LogP contribution in [-0.4, -0.2) is 5.16 Å². The van der Waals surface area contributed by atoms with E-state index in [1.807, 2.05) is 0 Å². The minimum absolute atomic E-state index is 0. The van der Waals surface area contributed by atoms with Gasteiger partial charge in [-0.2, -0.15) is 0 Å². The van der Waals surface area contributed by atoms with Crippen molar-refractivity contribution in [2.24, 2.45) is 5.92 Å². The van der Waals surface area contributed by atoms with E-state index >= 15 is 0 Å². The highest BCUT2D eigenvalue weighted by molar-refractivity contribution is 8.93. The predicted molar refractivity (Wildman–Crippen MR) is 145 cm³/mol. The molecule has 0 spiro atoms.